The smallest absolute Gasteiger partial charge is 0.158 e. The lowest BCUT2D eigenvalue weighted by molar-refractivity contribution is 0.702. The average molecular weight is 240 g/mol. The molecule has 0 saturated heterocycles. The lowest BCUT2D eigenvalue weighted by Crippen LogP contribution is -2.00. The molecule has 4 heteroatoms. The van der Waals surface area contributed by atoms with E-state index < -0.39 is 0 Å². The third-order valence-electron chi connectivity index (χ3n) is 4.21. The van der Waals surface area contributed by atoms with Gasteiger partial charge in [-0.1, -0.05) is 12.0 Å². The molecule has 0 unspecified atom stereocenters. The monoisotopic (exact) mass is 240 g/mol. The van der Waals surface area contributed by atoms with Crippen molar-refractivity contribution in [1.82, 2.24) is 14.8 Å². The van der Waals surface area contributed by atoms with E-state index in [-0.39, 0.29) is 0 Å². The summed E-state index contributed by atoms with van der Waals surface area (Å²) in [5.74, 6) is 0.967. The first-order valence-corrected chi connectivity index (χ1v) is 6.77. The SMILES string of the molecule is C1=NCc2nncn2C2=C1C1=C(CCCCC1)C2. The van der Waals surface area contributed by atoms with Crippen LogP contribution in [0.2, 0.25) is 0 Å². The number of aromatic nitrogens is 3. The van der Waals surface area contributed by atoms with Gasteiger partial charge in [-0.25, -0.2) is 0 Å². The zero-order chi connectivity index (χ0) is 11.9. The minimum atomic E-state index is 0.648. The van der Waals surface area contributed by atoms with Crippen molar-refractivity contribution in [2.45, 2.75) is 45.1 Å². The molecular formula is C14H16N4. The van der Waals surface area contributed by atoms with Gasteiger partial charge in [0.25, 0.3) is 0 Å². The Morgan fingerprint density at radius 3 is 3.06 bits per heavy atom. The molecule has 2 aliphatic carbocycles. The van der Waals surface area contributed by atoms with Crippen LogP contribution in [0.5, 0.6) is 0 Å². The fourth-order valence-electron chi connectivity index (χ4n) is 3.31. The fraction of sp³-hybridized carbons (Fsp3) is 0.500. The van der Waals surface area contributed by atoms with Crippen LogP contribution in [0.15, 0.2) is 28.0 Å². The van der Waals surface area contributed by atoms with Crippen molar-refractivity contribution >= 4 is 11.9 Å². The van der Waals surface area contributed by atoms with Crippen LogP contribution in [0.4, 0.5) is 0 Å². The molecule has 1 aromatic rings. The number of hydrogen-bond acceptors (Lipinski definition) is 3. The summed E-state index contributed by atoms with van der Waals surface area (Å²) >= 11 is 0. The predicted molar refractivity (Wildman–Crippen MR) is 70.2 cm³/mol. The molecule has 0 radical (unpaired) electrons. The molecule has 0 N–H and O–H groups in total. The minimum absolute atomic E-state index is 0.648. The van der Waals surface area contributed by atoms with Gasteiger partial charge in [0, 0.05) is 23.9 Å². The molecule has 0 aromatic carbocycles. The van der Waals surface area contributed by atoms with Gasteiger partial charge in [0.2, 0.25) is 0 Å². The van der Waals surface area contributed by atoms with Crippen molar-refractivity contribution in [3.63, 3.8) is 0 Å². The van der Waals surface area contributed by atoms with Gasteiger partial charge in [0.15, 0.2) is 5.82 Å². The first-order chi connectivity index (χ1) is 8.93. The summed E-state index contributed by atoms with van der Waals surface area (Å²) in [6.45, 7) is 0.648. The van der Waals surface area contributed by atoms with E-state index in [1.54, 1.807) is 11.1 Å². The molecule has 0 atom stereocenters. The standard InChI is InChI=1S/C14H16N4/c1-2-4-10-6-13-12(11(10)5-3-1)7-15-8-14-17-16-9-18(13)14/h7,9H,1-6,8H2. The van der Waals surface area contributed by atoms with E-state index in [4.69, 9.17) is 0 Å². The van der Waals surface area contributed by atoms with E-state index in [0.29, 0.717) is 6.54 Å². The maximum Gasteiger partial charge on any atom is 0.158 e. The van der Waals surface area contributed by atoms with Crippen LogP contribution in [0.25, 0.3) is 5.70 Å². The largest absolute Gasteiger partial charge is 0.287 e. The van der Waals surface area contributed by atoms with Crippen LogP contribution in [0, 0.1) is 0 Å². The summed E-state index contributed by atoms with van der Waals surface area (Å²) in [4.78, 5) is 4.51. The van der Waals surface area contributed by atoms with Crippen LogP contribution in [-0.4, -0.2) is 21.0 Å². The fourth-order valence-corrected chi connectivity index (χ4v) is 3.31. The number of rotatable bonds is 0. The summed E-state index contributed by atoms with van der Waals surface area (Å²) in [7, 11) is 0. The lowest BCUT2D eigenvalue weighted by atomic mass is 10.0. The molecule has 92 valence electrons. The highest BCUT2D eigenvalue weighted by molar-refractivity contribution is 5.95. The van der Waals surface area contributed by atoms with Crippen LogP contribution >= 0.6 is 0 Å². The summed E-state index contributed by atoms with van der Waals surface area (Å²) < 4.78 is 2.15. The molecule has 4 nitrogen and oxygen atoms in total. The topological polar surface area (TPSA) is 43.1 Å². The number of allylic oxidation sites excluding steroid dienone is 4. The molecule has 0 spiro atoms. The summed E-state index contributed by atoms with van der Waals surface area (Å²) in [5.41, 5.74) is 5.90. The van der Waals surface area contributed by atoms with Crippen LogP contribution in [0.1, 0.15) is 44.3 Å². The van der Waals surface area contributed by atoms with Gasteiger partial charge in [0.05, 0.1) is 6.54 Å². The van der Waals surface area contributed by atoms with Crippen molar-refractivity contribution in [1.29, 1.82) is 0 Å². The maximum atomic E-state index is 4.51. The van der Waals surface area contributed by atoms with Gasteiger partial charge in [-0.05, 0) is 31.3 Å². The Kier molecular flexibility index (Phi) is 2.22. The maximum absolute atomic E-state index is 4.51. The van der Waals surface area contributed by atoms with Gasteiger partial charge in [-0.2, -0.15) is 0 Å². The van der Waals surface area contributed by atoms with Crippen LogP contribution in [0.3, 0.4) is 0 Å². The normalized spacial score (nSPS) is 22.4. The molecule has 0 bridgehead atoms. The number of nitrogens with zero attached hydrogens (tertiary/aromatic N) is 4. The highest BCUT2D eigenvalue weighted by Gasteiger charge is 2.27. The quantitative estimate of drug-likeness (QED) is 0.699. The predicted octanol–water partition coefficient (Wildman–Crippen LogP) is 2.74. The Hall–Kier alpha value is -1.71. The molecule has 4 rings (SSSR count). The van der Waals surface area contributed by atoms with E-state index in [9.17, 15) is 0 Å². The Balaban J connectivity index is 1.84. The summed E-state index contributed by atoms with van der Waals surface area (Å²) in [5, 5.41) is 8.19. The Morgan fingerprint density at radius 1 is 1.11 bits per heavy atom. The average Bonchev–Trinajstić information content (AvgIpc) is 2.84. The van der Waals surface area contributed by atoms with E-state index in [1.165, 1.54) is 43.4 Å². The van der Waals surface area contributed by atoms with Crippen molar-refractivity contribution in [3.8, 4) is 0 Å². The van der Waals surface area contributed by atoms with Gasteiger partial charge >= 0.3 is 0 Å². The van der Waals surface area contributed by atoms with E-state index in [0.717, 1.165) is 12.2 Å². The molecule has 1 aromatic heterocycles. The van der Waals surface area contributed by atoms with Crippen molar-refractivity contribution < 1.29 is 0 Å². The molecule has 2 heterocycles. The second-order valence-electron chi connectivity index (χ2n) is 5.27. The van der Waals surface area contributed by atoms with Crippen LogP contribution in [-0.2, 0) is 6.54 Å². The highest BCUT2D eigenvalue weighted by atomic mass is 15.3. The number of hydrogen-bond donors (Lipinski definition) is 0. The molecule has 0 fully saturated rings. The molecule has 18 heavy (non-hydrogen) atoms. The number of aliphatic imine (C=N–C) groups is 1. The number of fused-ring (bicyclic) bond motifs is 3. The van der Waals surface area contributed by atoms with Gasteiger partial charge in [-0.15, -0.1) is 10.2 Å². The molecule has 0 saturated carbocycles. The molecular weight excluding hydrogens is 224 g/mol. The minimum Gasteiger partial charge on any atom is -0.287 e. The van der Waals surface area contributed by atoms with Gasteiger partial charge in [-0.3, -0.25) is 9.56 Å². The Morgan fingerprint density at radius 2 is 2.06 bits per heavy atom. The van der Waals surface area contributed by atoms with Gasteiger partial charge in [0.1, 0.15) is 6.33 Å². The molecule has 1 aliphatic heterocycles. The molecule has 3 aliphatic rings. The zero-order valence-electron chi connectivity index (χ0n) is 10.4. The second kappa shape index (κ2) is 3.90. The first-order valence-electron chi connectivity index (χ1n) is 6.77. The zero-order valence-corrected chi connectivity index (χ0v) is 10.4. The van der Waals surface area contributed by atoms with Gasteiger partial charge < -0.3 is 0 Å². The van der Waals surface area contributed by atoms with Crippen molar-refractivity contribution in [3.05, 3.63) is 28.9 Å². The van der Waals surface area contributed by atoms with E-state index in [2.05, 4.69) is 26.0 Å². The highest BCUT2D eigenvalue weighted by Crippen LogP contribution is 2.42. The summed E-state index contributed by atoms with van der Waals surface area (Å²) in [6.07, 6.45) is 11.5. The van der Waals surface area contributed by atoms with Crippen molar-refractivity contribution in [2.75, 3.05) is 0 Å². The third-order valence-corrected chi connectivity index (χ3v) is 4.21. The Bertz CT molecular complexity index is 589. The first kappa shape index (κ1) is 10.2. The Labute approximate surface area is 106 Å². The summed E-state index contributed by atoms with van der Waals surface area (Å²) in [6, 6.07) is 0. The third kappa shape index (κ3) is 1.41. The van der Waals surface area contributed by atoms with E-state index in [1.807, 2.05) is 6.33 Å². The van der Waals surface area contributed by atoms with Crippen LogP contribution < -0.4 is 0 Å². The van der Waals surface area contributed by atoms with Crippen molar-refractivity contribution in [2.24, 2.45) is 4.99 Å². The second-order valence-corrected chi connectivity index (χ2v) is 5.27. The molecule has 0 amide bonds. The van der Waals surface area contributed by atoms with E-state index >= 15 is 0 Å². The lowest BCUT2D eigenvalue weighted by Gasteiger charge is -2.07.